The lowest BCUT2D eigenvalue weighted by molar-refractivity contribution is -0.121. The summed E-state index contributed by atoms with van der Waals surface area (Å²) in [5.74, 6) is -0.357. The SMILES string of the molecule is CC(C)(CCN)CCC(=O)NCCSC(F)(F)F. The molecule has 108 valence electrons. The molecule has 0 atom stereocenters. The third-order valence-electron chi connectivity index (χ3n) is 2.54. The average molecular weight is 286 g/mol. The van der Waals surface area contributed by atoms with E-state index < -0.39 is 5.51 Å². The van der Waals surface area contributed by atoms with Crippen molar-refractivity contribution in [2.75, 3.05) is 18.8 Å². The normalized spacial score (nSPS) is 12.6. The molecule has 0 aliphatic rings. The first kappa shape index (κ1) is 17.6. The number of rotatable bonds is 8. The van der Waals surface area contributed by atoms with Crippen LogP contribution in [0.1, 0.15) is 33.1 Å². The highest BCUT2D eigenvalue weighted by molar-refractivity contribution is 8.00. The molecule has 0 heterocycles. The maximum absolute atomic E-state index is 11.8. The predicted molar refractivity (Wildman–Crippen MR) is 68.2 cm³/mol. The molecule has 0 aromatic carbocycles. The molecule has 3 nitrogen and oxygen atoms in total. The summed E-state index contributed by atoms with van der Waals surface area (Å²) >= 11 is -0.124. The molecule has 3 N–H and O–H groups in total. The Kier molecular flexibility index (Phi) is 7.70. The summed E-state index contributed by atoms with van der Waals surface area (Å²) in [6, 6.07) is 0. The first-order chi connectivity index (χ1) is 8.16. The number of amides is 1. The molecule has 0 aliphatic carbocycles. The first-order valence-electron chi connectivity index (χ1n) is 5.84. The Hall–Kier alpha value is -0.430. The van der Waals surface area contributed by atoms with Crippen molar-refractivity contribution in [2.45, 2.75) is 38.6 Å². The smallest absolute Gasteiger partial charge is 0.355 e. The topological polar surface area (TPSA) is 55.1 Å². The van der Waals surface area contributed by atoms with Crippen LogP contribution in [0, 0.1) is 5.41 Å². The van der Waals surface area contributed by atoms with Gasteiger partial charge in [-0.1, -0.05) is 13.8 Å². The Morgan fingerprint density at radius 1 is 1.28 bits per heavy atom. The highest BCUT2D eigenvalue weighted by Crippen LogP contribution is 2.29. The standard InChI is InChI=1S/C11H21F3N2OS/c1-10(2,5-6-15)4-3-9(17)16-7-8-18-11(12,13)14/h3-8,15H2,1-2H3,(H,16,17). The number of hydrogen-bond acceptors (Lipinski definition) is 3. The largest absolute Gasteiger partial charge is 0.441 e. The lowest BCUT2D eigenvalue weighted by atomic mass is 9.84. The van der Waals surface area contributed by atoms with Crippen molar-refractivity contribution in [1.82, 2.24) is 5.32 Å². The molecular formula is C11H21F3N2OS. The van der Waals surface area contributed by atoms with Gasteiger partial charge in [0.2, 0.25) is 5.91 Å². The van der Waals surface area contributed by atoms with Crippen LogP contribution in [0.15, 0.2) is 0 Å². The number of hydrogen-bond donors (Lipinski definition) is 2. The van der Waals surface area contributed by atoms with Crippen LogP contribution in [0.5, 0.6) is 0 Å². The fraction of sp³-hybridized carbons (Fsp3) is 0.909. The minimum atomic E-state index is -4.23. The van der Waals surface area contributed by atoms with Gasteiger partial charge in [0.25, 0.3) is 0 Å². The zero-order chi connectivity index (χ0) is 14.2. The zero-order valence-corrected chi connectivity index (χ0v) is 11.6. The average Bonchev–Trinajstić information content (AvgIpc) is 2.20. The summed E-state index contributed by atoms with van der Waals surface area (Å²) < 4.78 is 35.4. The summed E-state index contributed by atoms with van der Waals surface area (Å²) in [6.07, 6.45) is 1.83. The van der Waals surface area contributed by atoms with Crippen molar-refractivity contribution in [3.63, 3.8) is 0 Å². The molecule has 18 heavy (non-hydrogen) atoms. The van der Waals surface area contributed by atoms with Gasteiger partial charge in [0.15, 0.2) is 0 Å². The molecule has 7 heteroatoms. The molecule has 0 spiro atoms. The third kappa shape index (κ3) is 10.7. The van der Waals surface area contributed by atoms with E-state index in [-0.39, 0.29) is 35.4 Å². The summed E-state index contributed by atoms with van der Waals surface area (Å²) in [7, 11) is 0. The Bertz CT molecular complexity index is 257. The quantitative estimate of drug-likeness (QED) is 0.674. The van der Waals surface area contributed by atoms with E-state index in [1.807, 2.05) is 13.8 Å². The van der Waals surface area contributed by atoms with Gasteiger partial charge in [0, 0.05) is 18.7 Å². The lowest BCUT2D eigenvalue weighted by Crippen LogP contribution is -2.28. The zero-order valence-electron chi connectivity index (χ0n) is 10.8. The molecule has 0 rings (SSSR count). The van der Waals surface area contributed by atoms with E-state index in [1.54, 1.807) is 0 Å². The number of carbonyl (C=O) groups excluding carboxylic acids is 1. The van der Waals surface area contributed by atoms with Gasteiger partial charge in [-0.25, -0.2) is 0 Å². The van der Waals surface area contributed by atoms with E-state index in [0.717, 1.165) is 6.42 Å². The van der Waals surface area contributed by atoms with Gasteiger partial charge in [-0.05, 0) is 36.6 Å². The minimum absolute atomic E-state index is 0.00713. The number of halogens is 3. The van der Waals surface area contributed by atoms with Gasteiger partial charge in [-0.15, -0.1) is 0 Å². The summed E-state index contributed by atoms with van der Waals surface area (Å²) in [5.41, 5.74) is 1.21. The number of carbonyl (C=O) groups is 1. The molecular weight excluding hydrogens is 265 g/mol. The van der Waals surface area contributed by atoms with Gasteiger partial charge in [-0.2, -0.15) is 13.2 Å². The van der Waals surface area contributed by atoms with Gasteiger partial charge < -0.3 is 11.1 Å². The summed E-state index contributed by atoms with van der Waals surface area (Å²) in [5, 5.41) is 2.48. The Labute approximate surface area is 110 Å². The van der Waals surface area contributed by atoms with Gasteiger partial charge in [0.05, 0.1) is 0 Å². The van der Waals surface area contributed by atoms with Crippen molar-refractivity contribution in [2.24, 2.45) is 11.1 Å². The van der Waals surface area contributed by atoms with E-state index in [2.05, 4.69) is 5.32 Å². The minimum Gasteiger partial charge on any atom is -0.355 e. The Morgan fingerprint density at radius 2 is 1.89 bits per heavy atom. The maximum atomic E-state index is 11.8. The molecule has 0 saturated carbocycles. The van der Waals surface area contributed by atoms with Crippen LogP contribution in [-0.4, -0.2) is 30.3 Å². The first-order valence-corrected chi connectivity index (χ1v) is 6.82. The molecule has 0 saturated heterocycles. The monoisotopic (exact) mass is 286 g/mol. The number of nitrogens with one attached hydrogen (secondary N) is 1. The van der Waals surface area contributed by atoms with Crippen LogP contribution in [0.3, 0.4) is 0 Å². The predicted octanol–water partition coefficient (Wildman–Crippen LogP) is 2.51. The van der Waals surface area contributed by atoms with E-state index >= 15 is 0 Å². The molecule has 0 bridgehead atoms. The summed E-state index contributed by atoms with van der Waals surface area (Å²) in [6.45, 7) is 4.65. The van der Waals surface area contributed by atoms with Gasteiger partial charge in [-0.3, -0.25) is 4.79 Å². The molecule has 0 fully saturated rings. The highest BCUT2D eigenvalue weighted by atomic mass is 32.2. The van der Waals surface area contributed by atoms with Crippen molar-refractivity contribution in [3.8, 4) is 0 Å². The second-order valence-electron chi connectivity index (χ2n) is 4.85. The van der Waals surface area contributed by atoms with Crippen molar-refractivity contribution in [1.29, 1.82) is 0 Å². The number of nitrogens with two attached hydrogens (primary N) is 1. The van der Waals surface area contributed by atoms with Crippen molar-refractivity contribution < 1.29 is 18.0 Å². The second-order valence-corrected chi connectivity index (χ2v) is 6.01. The summed E-state index contributed by atoms with van der Waals surface area (Å²) in [4.78, 5) is 11.4. The van der Waals surface area contributed by atoms with Crippen LogP contribution in [0.4, 0.5) is 13.2 Å². The van der Waals surface area contributed by atoms with E-state index in [9.17, 15) is 18.0 Å². The highest BCUT2D eigenvalue weighted by Gasteiger charge is 2.27. The molecule has 1 amide bonds. The Balaban J connectivity index is 3.66. The number of thioether (sulfide) groups is 1. The van der Waals surface area contributed by atoms with Gasteiger partial charge >= 0.3 is 5.51 Å². The molecule has 0 radical (unpaired) electrons. The van der Waals surface area contributed by atoms with Crippen molar-refractivity contribution >= 4 is 17.7 Å². The molecule has 0 aliphatic heterocycles. The van der Waals surface area contributed by atoms with Crippen LogP contribution in [0.2, 0.25) is 0 Å². The third-order valence-corrected chi connectivity index (χ3v) is 3.28. The van der Waals surface area contributed by atoms with E-state index in [4.69, 9.17) is 5.73 Å². The molecule has 0 unspecified atom stereocenters. The van der Waals surface area contributed by atoms with Crippen LogP contribution >= 0.6 is 11.8 Å². The lowest BCUT2D eigenvalue weighted by Gasteiger charge is -2.23. The van der Waals surface area contributed by atoms with Crippen LogP contribution in [-0.2, 0) is 4.79 Å². The Morgan fingerprint density at radius 3 is 2.39 bits per heavy atom. The second kappa shape index (κ2) is 7.89. The van der Waals surface area contributed by atoms with Gasteiger partial charge in [0.1, 0.15) is 0 Å². The fourth-order valence-electron chi connectivity index (χ4n) is 1.41. The van der Waals surface area contributed by atoms with Crippen molar-refractivity contribution in [3.05, 3.63) is 0 Å². The molecule has 0 aromatic heterocycles. The fourth-order valence-corrected chi connectivity index (χ4v) is 1.85. The van der Waals surface area contributed by atoms with Crippen LogP contribution in [0.25, 0.3) is 0 Å². The van der Waals surface area contributed by atoms with E-state index in [0.29, 0.717) is 19.4 Å². The molecule has 0 aromatic rings. The van der Waals surface area contributed by atoms with Crippen LogP contribution < -0.4 is 11.1 Å². The number of alkyl halides is 3. The maximum Gasteiger partial charge on any atom is 0.441 e. The van der Waals surface area contributed by atoms with E-state index in [1.165, 1.54) is 0 Å².